The van der Waals surface area contributed by atoms with Crippen LogP contribution in [0.3, 0.4) is 0 Å². The lowest BCUT2D eigenvalue weighted by molar-refractivity contribution is 0.0571. The highest BCUT2D eigenvalue weighted by Crippen LogP contribution is 2.03. The zero-order valence-electron chi connectivity index (χ0n) is 5.42. The minimum atomic E-state index is 0.583. The Labute approximate surface area is 50.4 Å². The van der Waals surface area contributed by atoms with Gasteiger partial charge in [0.2, 0.25) is 0 Å². The molecular formula is C6H12NO. The maximum absolute atomic E-state index is 5.09. The van der Waals surface area contributed by atoms with Gasteiger partial charge in [-0.1, -0.05) is 0 Å². The van der Waals surface area contributed by atoms with E-state index in [2.05, 4.69) is 18.9 Å². The Bertz CT molecular complexity index is 64.9. The van der Waals surface area contributed by atoms with Crippen molar-refractivity contribution in [3.63, 3.8) is 0 Å². The normalized spacial score (nSPS) is 33.0. The van der Waals surface area contributed by atoms with E-state index in [0.29, 0.717) is 6.04 Å². The molecule has 0 bridgehead atoms. The molecule has 0 aromatic heterocycles. The Kier molecular flexibility index (Phi) is 1.86. The van der Waals surface area contributed by atoms with Crippen molar-refractivity contribution in [2.45, 2.75) is 13.0 Å². The monoisotopic (exact) mass is 114 g/mol. The molecule has 47 valence electrons. The van der Waals surface area contributed by atoms with Crippen LogP contribution in [0.15, 0.2) is 0 Å². The summed E-state index contributed by atoms with van der Waals surface area (Å²) < 4.78 is 5.09. The summed E-state index contributed by atoms with van der Waals surface area (Å²) >= 11 is 0. The summed E-state index contributed by atoms with van der Waals surface area (Å²) in [5.74, 6) is 0. The van der Waals surface area contributed by atoms with E-state index in [1.54, 1.807) is 0 Å². The molecule has 1 fully saturated rings. The highest BCUT2D eigenvalue weighted by atomic mass is 16.5. The van der Waals surface area contributed by atoms with Gasteiger partial charge in [-0.05, 0) is 14.0 Å². The Hall–Kier alpha value is -0.0800. The minimum absolute atomic E-state index is 0.583. The van der Waals surface area contributed by atoms with Crippen LogP contribution in [0, 0.1) is 6.61 Å². The molecule has 1 aliphatic rings. The van der Waals surface area contributed by atoms with Crippen LogP contribution in [-0.4, -0.2) is 31.1 Å². The summed E-state index contributed by atoms with van der Waals surface area (Å²) in [4.78, 5) is 2.25. The SMILES string of the molecule is CC1CO[CH]CN1C. The molecule has 2 heteroatoms. The van der Waals surface area contributed by atoms with E-state index in [9.17, 15) is 0 Å². The molecule has 1 atom stereocenters. The maximum atomic E-state index is 5.09. The fraction of sp³-hybridized carbons (Fsp3) is 0.833. The fourth-order valence-corrected chi connectivity index (χ4v) is 0.685. The van der Waals surface area contributed by atoms with Crippen LogP contribution in [0.2, 0.25) is 0 Å². The zero-order chi connectivity index (χ0) is 5.98. The van der Waals surface area contributed by atoms with Crippen molar-refractivity contribution >= 4 is 0 Å². The van der Waals surface area contributed by atoms with Crippen molar-refractivity contribution in [1.82, 2.24) is 4.90 Å². The Morgan fingerprint density at radius 2 is 2.50 bits per heavy atom. The van der Waals surface area contributed by atoms with E-state index in [0.717, 1.165) is 13.2 Å². The quantitative estimate of drug-likeness (QED) is 0.454. The molecule has 2 nitrogen and oxygen atoms in total. The molecule has 1 unspecified atom stereocenters. The second-order valence-corrected chi connectivity index (χ2v) is 2.29. The number of morpholine rings is 1. The third-order valence-electron chi connectivity index (χ3n) is 1.57. The second-order valence-electron chi connectivity index (χ2n) is 2.29. The number of nitrogens with zero attached hydrogens (tertiary/aromatic N) is 1. The molecule has 0 aromatic carbocycles. The van der Waals surface area contributed by atoms with E-state index in [1.165, 1.54) is 0 Å². The molecule has 1 aliphatic heterocycles. The van der Waals surface area contributed by atoms with Gasteiger partial charge in [0, 0.05) is 12.6 Å². The van der Waals surface area contributed by atoms with Crippen LogP contribution in [0.25, 0.3) is 0 Å². The molecule has 0 spiro atoms. The first-order valence-electron chi connectivity index (χ1n) is 2.94. The molecule has 1 radical (unpaired) electrons. The van der Waals surface area contributed by atoms with Crippen molar-refractivity contribution in [2.24, 2.45) is 0 Å². The zero-order valence-corrected chi connectivity index (χ0v) is 5.42. The smallest absolute Gasteiger partial charge is 0.0976 e. The third-order valence-corrected chi connectivity index (χ3v) is 1.57. The average molecular weight is 114 g/mol. The van der Waals surface area contributed by atoms with Crippen molar-refractivity contribution in [3.05, 3.63) is 6.61 Å². The van der Waals surface area contributed by atoms with Gasteiger partial charge in [-0.2, -0.15) is 0 Å². The third kappa shape index (κ3) is 1.20. The second kappa shape index (κ2) is 2.46. The van der Waals surface area contributed by atoms with Crippen LogP contribution in [-0.2, 0) is 4.74 Å². The van der Waals surface area contributed by atoms with Gasteiger partial charge in [0.1, 0.15) is 0 Å². The van der Waals surface area contributed by atoms with E-state index in [1.807, 2.05) is 6.61 Å². The van der Waals surface area contributed by atoms with Crippen molar-refractivity contribution in [2.75, 3.05) is 20.2 Å². The van der Waals surface area contributed by atoms with E-state index in [4.69, 9.17) is 4.74 Å². The van der Waals surface area contributed by atoms with Gasteiger partial charge in [-0.25, -0.2) is 0 Å². The van der Waals surface area contributed by atoms with Crippen LogP contribution >= 0.6 is 0 Å². The number of ether oxygens (including phenoxy) is 1. The molecule has 0 saturated carbocycles. The molecule has 8 heavy (non-hydrogen) atoms. The summed E-state index contributed by atoms with van der Waals surface area (Å²) in [7, 11) is 2.10. The van der Waals surface area contributed by atoms with Crippen LogP contribution in [0.1, 0.15) is 6.92 Å². The lowest BCUT2D eigenvalue weighted by Crippen LogP contribution is -2.38. The lowest BCUT2D eigenvalue weighted by atomic mass is 10.3. The first kappa shape index (κ1) is 6.05. The van der Waals surface area contributed by atoms with Crippen molar-refractivity contribution in [1.29, 1.82) is 0 Å². The van der Waals surface area contributed by atoms with Gasteiger partial charge in [-0.15, -0.1) is 0 Å². The lowest BCUT2D eigenvalue weighted by Gasteiger charge is -2.28. The highest BCUT2D eigenvalue weighted by Gasteiger charge is 2.13. The fourth-order valence-electron chi connectivity index (χ4n) is 0.685. The predicted molar refractivity (Wildman–Crippen MR) is 32.3 cm³/mol. The summed E-state index contributed by atoms with van der Waals surface area (Å²) in [6, 6.07) is 0.583. The molecule has 0 aromatic rings. The maximum Gasteiger partial charge on any atom is 0.0976 e. The molecule has 0 aliphatic carbocycles. The standard InChI is InChI=1S/C6H12NO/c1-6-5-8-4-3-7(6)2/h4,6H,3,5H2,1-2H3. The van der Waals surface area contributed by atoms with Crippen LogP contribution in [0.5, 0.6) is 0 Å². The van der Waals surface area contributed by atoms with Crippen LogP contribution < -0.4 is 0 Å². The largest absolute Gasteiger partial charge is 0.373 e. The Balaban J connectivity index is 2.28. The van der Waals surface area contributed by atoms with Gasteiger partial charge in [0.25, 0.3) is 0 Å². The highest BCUT2D eigenvalue weighted by molar-refractivity contribution is 4.71. The van der Waals surface area contributed by atoms with Gasteiger partial charge >= 0.3 is 0 Å². The summed E-state index contributed by atoms with van der Waals surface area (Å²) in [5.41, 5.74) is 0. The minimum Gasteiger partial charge on any atom is -0.373 e. The van der Waals surface area contributed by atoms with Gasteiger partial charge in [0.05, 0.1) is 13.2 Å². The molecule has 0 amide bonds. The average Bonchev–Trinajstić information content (AvgIpc) is 1.77. The van der Waals surface area contributed by atoms with E-state index in [-0.39, 0.29) is 0 Å². The summed E-state index contributed by atoms with van der Waals surface area (Å²) in [6.07, 6.45) is 0. The van der Waals surface area contributed by atoms with Gasteiger partial charge in [0.15, 0.2) is 0 Å². The topological polar surface area (TPSA) is 12.5 Å². The number of hydrogen-bond donors (Lipinski definition) is 0. The van der Waals surface area contributed by atoms with Gasteiger partial charge < -0.3 is 4.74 Å². The molecule has 1 heterocycles. The number of hydrogen-bond acceptors (Lipinski definition) is 2. The Morgan fingerprint density at radius 1 is 1.75 bits per heavy atom. The van der Waals surface area contributed by atoms with Crippen molar-refractivity contribution in [3.8, 4) is 0 Å². The first-order valence-corrected chi connectivity index (χ1v) is 2.94. The molecule has 0 N–H and O–H groups in total. The molecule has 1 rings (SSSR count). The number of likely N-dealkylation sites (N-methyl/N-ethyl adjacent to an activating group) is 1. The van der Waals surface area contributed by atoms with E-state index >= 15 is 0 Å². The Morgan fingerprint density at radius 3 is 2.88 bits per heavy atom. The molecular weight excluding hydrogens is 102 g/mol. The summed E-state index contributed by atoms with van der Waals surface area (Å²) in [5, 5.41) is 0. The number of rotatable bonds is 0. The van der Waals surface area contributed by atoms with Gasteiger partial charge in [-0.3, -0.25) is 4.90 Å². The summed E-state index contributed by atoms with van der Waals surface area (Å²) in [6.45, 7) is 5.81. The first-order chi connectivity index (χ1) is 3.80. The van der Waals surface area contributed by atoms with Crippen molar-refractivity contribution < 1.29 is 4.74 Å². The molecule has 1 saturated heterocycles. The van der Waals surface area contributed by atoms with Crippen LogP contribution in [0.4, 0.5) is 0 Å². The van der Waals surface area contributed by atoms with E-state index < -0.39 is 0 Å². The predicted octanol–water partition coefficient (Wildman–Crippen LogP) is 0.499.